The van der Waals surface area contributed by atoms with Crippen LogP contribution < -0.4 is 0 Å². The van der Waals surface area contributed by atoms with Gasteiger partial charge in [0.2, 0.25) is 0 Å². The average molecular weight is 140 g/mol. The number of terminal acetylenes is 1. The molecule has 1 aliphatic rings. The van der Waals surface area contributed by atoms with Crippen molar-refractivity contribution < 1.29 is 9.84 Å². The molecule has 0 spiro atoms. The molecule has 0 aromatic carbocycles. The highest BCUT2D eigenvalue weighted by molar-refractivity contribution is 5.05. The minimum absolute atomic E-state index is 0.477. The van der Waals surface area contributed by atoms with E-state index in [9.17, 15) is 5.11 Å². The van der Waals surface area contributed by atoms with Crippen molar-refractivity contribution >= 4 is 0 Å². The van der Waals surface area contributed by atoms with E-state index in [-0.39, 0.29) is 0 Å². The molecule has 0 aromatic rings. The van der Waals surface area contributed by atoms with Crippen molar-refractivity contribution in [1.82, 2.24) is 0 Å². The first kappa shape index (κ1) is 7.59. The van der Waals surface area contributed by atoms with Gasteiger partial charge in [-0.2, -0.15) is 0 Å². The molecular weight excluding hydrogens is 128 g/mol. The van der Waals surface area contributed by atoms with Gasteiger partial charge in [0.15, 0.2) is 0 Å². The van der Waals surface area contributed by atoms with Gasteiger partial charge in [-0.25, -0.2) is 0 Å². The van der Waals surface area contributed by atoms with E-state index in [1.807, 2.05) is 6.92 Å². The van der Waals surface area contributed by atoms with Crippen LogP contribution in [0.2, 0.25) is 0 Å². The quantitative estimate of drug-likeness (QED) is 0.539. The molecule has 1 rings (SSSR count). The van der Waals surface area contributed by atoms with Crippen molar-refractivity contribution in [1.29, 1.82) is 0 Å². The van der Waals surface area contributed by atoms with E-state index >= 15 is 0 Å². The van der Waals surface area contributed by atoms with E-state index < -0.39 is 11.7 Å². The Morgan fingerprint density at radius 3 is 2.90 bits per heavy atom. The molecule has 0 bridgehead atoms. The molecule has 2 heteroatoms. The van der Waals surface area contributed by atoms with Crippen molar-refractivity contribution in [3.8, 4) is 12.3 Å². The van der Waals surface area contributed by atoms with Gasteiger partial charge in [0.05, 0.1) is 0 Å². The fraction of sp³-hybridized carbons (Fsp3) is 0.750. The lowest BCUT2D eigenvalue weighted by molar-refractivity contribution is -0.0527. The van der Waals surface area contributed by atoms with Gasteiger partial charge in [-0.3, -0.25) is 0 Å². The van der Waals surface area contributed by atoms with Crippen LogP contribution in [0.3, 0.4) is 0 Å². The van der Waals surface area contributed by atoms with E-state index in [4.69, 9.17) is 11.2 Å². The number of hydrogen-bond donors (Lipinski definition) is 1. The molecule has 1 aliphatic heterocycles. The summed E-state index contributed by atoms with van der Waals surface area (Å²) in [7, 11) is 0. The first-order valence-corrected chi connectivity index (χ1v) is 3.47. The van der Waals surface area contributed by atoms with Crippen LogP contribution >= 0.6 is 0 Å². The molecule has 0 saturated carbocycles. The average Bonchev–Trinajstić information content (AvgIpc) is 2.36. The van der Waals surface area contributed by atoms with Gasteiger partial charge in [-0.1, -0.05) is 5.92 Å². The molecule has 0 aliphatic carbocycles. The molecule has 0 amide bonds. The summed E-state index contributed by atoms with van der Waals surface area (Å²) in [5, 5.41) is 9.26. The number of rotatable bonds is 1. The van der Waals surface area contributed by atoms with Crippen molar-refractivity contribution in [2.45, 2.75) is 31.5 Å². The maximum Gasteiger partial charge on any atom is 0.142 e. The summed E-state index contributed by atoms with van der Waals surface area (Å²) >= 11 is 0. The maximum absolute atomic E-state index is 9.26. The third kappa shape index (κ3) is 1.16. The van der Waals surface area contributed by atoms with E-state index in [1.54, 1.807) is 0 Å². The smallest absolute Gasteiger partial charge is 0.142 e. The molecule has 10 heavy (non-hydrogen) atoms. The van der Waals surface area contributed by atoms with Crippen LogP contribution in [0, 0.1) is 12.3 Å². The van der Waals surface area contributed by atoms with E-state index in [0.29, 0.717) is 0 Å². The second kappa shape index (κ2) is 2.61. The van der Waals surface area contributed by atoms with Crippen molar-refractivity contribution in [3.63, 3.8) is 0 Å². The van der Waals surface area contributed by atoms with Gasteiger partial charge < -0.3 is 9.84 Å². The highest BCUT2D eigenvalue weighted by atomic mass is 16.5. The second-order valence-electron chi connectivity index (χ2n) is 2.83. The summed E-state index contributed by atoms with van der Waals surface area (Å²) in [6.07, 6.45) is 6.16. The highest BCUT2D eigenvalue weighted by Crippen LogP contribution is 2.27. The monoisotopic (exact) mass is 140 g/mol. The highest BCUT2D eigenvalue weighted by Gasteiger charge is 2.36. The fourth-order valence-corrected chi connectivity index (χ4v) is 1.19. The van der Waals surface area contributed by atoms with Crippen LogP contribution in [0.5, 0.6) is 0 Å². The largest absolute Gasteiger partial charge is 0.377 e. The number of hydrogen-bond acceptors (Lipinski definition) is 2. The normalized spacial score (nSPS) is 35.3. The Morgan fingerprint density at radius 1 is 1.80 bits per heavy atom. The number of ether oxygens (including phenoxy) is 1. The molecule has 2 atom stereocenters. The van der Waals surface area contributed by atoms with Crippen LogP contribution in [0.15, 0.2) is 0 Å². The Balaban J connectivity index is 2.60. The summed E-state index contributed by atoms with van der Waals surface area (Å²) in [6.45, 7) is 2.57. The molecule has 0 aromatic heterocycles. The predicted molar refractivity (Wildman–Crippen MR) is 38.4 cm³/mol. The summed E-state index contributed by atoms with van der Waals surface area (Å²) in [4.78, 5) is 0. The first-order valence-electron chi connectivity index (χ1n) is 3.47. The molecule has 1 fully saturated rings. The van der Waals surface area contributed by atoms with Gasteiger partial charge in [0.1, 0.15) is 11.7 Å². The molecule has 1 saturated heterocycles. The third-order valence-corrected chi connectivity index (χ3v) is 1.99. The maximum atomic E-state index is 9.26. The van der Waals surface area contributed by atoms with E-state index in [1.165, 1.54) is 0 Å². The minimum Gasteiger partial charge on any atom is -0.377 e. The summed E-state index contributed by atoms with van der Waals surface area (Å²) < 4.78 is 5.30. The molecule has 2 unspecified atom stereocenters. The van der Waals surface area contributed by atoms with Gasteiger partial charge in [-0.05, 0) is 19.8 Å². The number of aliphatic hydroxyl groups is 1. The topological polar surface area (TPSA) is 29.5 Å². The van der Waals surface area contributed by atoms with Crippen LogP contribution in [0.1, 0.15) is 19.8 Å². The molecule has 1 heterocycles. The Bertz CT molecular complexity index is 151. The van der Waals surface area contributed by atoms with Crippen LogP contribution in [-0.4, -0.2) is 23.4 Å². The van der Waals surface area contributed by atoms with Crippen LogP contribution in [0.4, 0.5) is 0 Å². The van der Waals surface area contributed by atoms with Gasteiger partial charge in [0, 0.05) is 6.61 Å². The number of aliphatic hydroxyl groups excluding tert-OH is 1. The molecule has 2 nitrogen and oxygen atoms in total. The standard InChI is InChI=1S/C8H12O2/c1-3-7(9)8(2)5-4-6-10-8/h1,7,9H,4-6H2,2H3. The van der Waals surface area contributed by atoms with Crippen molar-refractivity contribution in [2.75, 3.05) is 6.61 Å². The zero-order chi connectivity index (χ0) is 7.61. The second-order valence-corrected chi connectivity index (χ2v) is 2.83. The summed E-state index contributed by atoms with van der Waals surface area (Å²) in [5.74, 6) is 2.28. The predicted octanol–water partition coefficient (Wildman–Crippen LogP) is 0.550. The zero-order valence-electron chi connectivity index (χ0n) is 6.13. The lowest BCUT2D eigenvalue weighted by atomic mass is 9.96. The fourth-order valence-electron chi connectivity index (χ4n) is 1.19. The SMILES string of the molecule is C#CC(O)C1(C)CCCO1. The van der Waals surface area contributed by atoms with Crippen LogP contribution in [0.25, 0.3) is 0 Å². The Kier molecular flexibility index (Phi) is 1.98. The Hall–Kier alpha value is -0.520. The van der Waals surface area contributed by atoms with E-state index in [0.717, 1.165) is 19.4 Å². The Labute approximate surface area is 61.2 Å². The zero-order valence-corrected chi connectivity index (χ0v) is 6.13. The van der Waals surface area contributed by atoms with Gasteiger partial charge in [-0.15, -0.1) is 6.42 Å². The van der Waals surface area contributed by atoms with Crippen molar-refractivity contribution in [2.24, 2.45) is 0 Å². The molecule has 0 radical (unpaired) electrons. The van der Waals surface area contributed by atoms with Gasteiger partial charge in [0.25, 0.3) is 0 Å². The lowest BCUT2D eigenvalue weighted by Crippen LogP contribution is -2.37. The van der Waals surface area contributed by atoms with Gasteiger partial charge >= 0.3 is 0 Å². The molecular formula is C8H12O2. The molecule has 1 N–H and O–H groups in total. The minimum atomic E-state index is -0.755. The summed E-state index contributed by atoms with van der Waals surface area (Å²) in [6, 6.07) is 0. The summed E-state index contributed by atoms with van der Waals surface area (Å²) in [5.41, 5.74) is -0.477. The lowest BCUT2D eigenvalue weighted by Gasteiger charge is -2.25. The third-order valence-electron chi connectivity index (χ3n) is 1.99. The Morgan fingerprint density at radius 2 is 2.50 bits per heavy atom. The van der Waals surface area contributed by atoms with Crippen molar-refractivity contribution in [3.05, 3.63) is 0 Å². The van der Waals surface area contributed by atoms with Crippen LogP contribution in [-0.2, 0) is 4.74 Å². The molecule has 56 valence electrons. The first-order chi connectivity index (χ1) is 4.69. The van der Waals surface area contributed by atoms with E-state index in [2.05, 4.69) is 5.92 Å².